The topological polar surface area (TPSA) is 43.4 Å². The molecule has 0 aliphatic rings. The van der Waals surface area contributed by atoms with Crippen molar-refractivity contribution in [2.45, 2.75) is 20.0 Å². The fourth-order valence-corrected chi connectivity index (χ4v) is 6.99. The maximum absolute atomic E-state index is 15.1. The molecular formula is C28H22F3O3P. The van der Waals surface area contributed by atoms with Crippen LogP contribution < -0.4 is 20.7 Å². The van der Waals surface area contributed by atoms with Crippen molar-refractivity contribution in [2.24, 2.45) is 0 Å². The molecule has 0 spiro atoms. The Morgan fingerprint density at radius 2 is 1.37 bits per heavy atom. The molecule has 7 heteroatoms. The second kappa shape index (κ2) is 9.55. The first-order valence-electron chi connectivity index (χ1n) is 10.8. The molecule has 0 aliphatic heterocycles. The lowest BCUT2D eigenvalue weighted by atomic mass is 9.98. The lowest BCUT2D eigenvalue weighted by molar-refractivity contribution is -0.137. The molecule has 0 bridgehead atoms. The third-order valence-corrected chi connectivity index (χ3v) is 8.76. The average Bonchev–Trinajstić information content (AvgIpc) is 2.84. The number of carbonyl (C=O) groups excluding carboxylic acids is 1. The van der Waals surface area contributed by atoms with E-state index in [1.54, 1.807) is 85.8 Å². The molecule has 0 atom stereocenters. The molecule has 3 nitrogen and oxygen atoms in total. The largest absolute Gasteiger partial charge is 0.426 e. The Labute approximate surface area is 201 Å². The fourth-order valence-electron chi connectivity index (χ4n) is 4.11. The Kier molecular flexibility index (Phi) is 6.68. The molecule has 0 heterocycles. The maximum Gasteiger partial charge on any atom is 0.416 e. The van der Waals surface area contributed by atoms with Gasteiger partial charge in [-0.15, -0.1) is 0 Å². The Morgan fingerprint density at radius 1 is 0.800 bits per heavy atom. The van der Waals surface area contributed by atoms with Gasteiger partial charge in [0.05, 0.1) is 5.56 Å². The van der Waals surface area contributed by atoms with Gasteiger partial charge in [0.2, 0.25) is 0 Å². The van der Waals surface area contributed by atoms with E-state index >= 15 is 4.57 Å². The Hall–Kier alpha value is -3.63. The smallest absolute Gasteiger partial charge is 0.416 e. The summed E-state index contributed by atoms with van der Waals surface area (Å²) in [4.78, 5) is 11.8. The number of ether oxygens (including phenoxy) is 1. The van der Waals surface area contributed by atoms with E-state index in [-0.39, 0.29) is 11.1 Å². The summed E-state index contributed by atoms with van der Waals surface area (Å²) in [5.74, 6) is -0.384. The van der Waals surface area contributed by atoms with Crippen LogP contribution in [0.15, 0.2) is 97.1 Å². The highest BCUT2D eigenvalue weighted by Crippen LogP contribution is 2.48. The molecule has 35 heavy (non-hydrogen) atoms. The quantitative estimate of drug-likeness (QED) is 0.187. The first-order chi connectivity index (χ1) is 16.6. The van der Waals surface area contributed by atoms with Gasteiger partial charge < -0.3 is 9.30 Å². The summed E-state index contributed by atoms with van der Waals surface area (Å²) in [6.07, 6.45) is -4.64. The summed E-state index contributed by atoms with van der Waals surface area (Å²) in [5.41, 5.74) is 0.477. The van der Waals surface area contributed by atoms with Crippen LogP contribution in [0.4, 0.5) is 13.2 Å². The lowest BCUT2D eigenvalue weighted by Gasteiger charge is -2.25. The van der Waals surface area contributed by atoms with E-state index in [0.717, 1.165) is 12.1 Å². The van der Waals surface area contributed by atoms with Gasteiger partial charge in [0.15, 0.2) is 7.14 Å². The minimum atomic E-state index is -4.64. The number of esters is 1. The summed E-state index contributed by atoms with van der Waals surface area (Å²) >= 11 is 0. The van der Waals surface area contributed by atoms with E-state index in [1.165, 1.54) is 13.0 Å². The second-order valence-corrected chi connectivity index (χ2v) is 10.8. The highest BCUT2D eigenvalue weighted by Gasteiger charge is 2.37. The Bertz CT molecular complexity index is 1370. The first-order valence-corrected chi connectivity index (χ1v) is 12.5. The molecule has 0 saturated carbocycles. The van der Waals surface area contributed by atoms with Crippen LogP contribution in [0.3, 0.4) is 0 Å². The average molecular weight is 494 g/mol. The zero-order valence-electron chi connectivity index (χ0n) is 19.0. The molecule has 178 valence electrons. The van der Waals surface area contributed by atoms with Gasteiger partial charge >= 0.3 is 12.1 Å². The summed E-state index contributed by atoms with van der Waals surface area (Å²) in [5, 5.41) is 0.816. The molecule has 4 rings (SSSR count). The highest BCUT2D eigenvalue weighted by molar-refractivity contribution is 7.85. The summed E-state index contributed by atoms with van der Waals surface area (Å²) in [6, 6.07) is 25.2. The van der Waals surface area contributed by atoms with Crippen molar-refractivity contribution in [3.63, 3.8) is 0 Å². The van der Waals surface area contributed by atoms with Crippen molar-refractivity contribution >= 4 is 29.0 Å². The van der Waals surface area contributed by atoms with Crippen LogP contribution in [0.25, 0.3) is 11.1 Å². The van der Waals surface area contributed by atoms with Gasteiger partial charge in [0.25, 0.3) is 0 Å². The molecule has 0 unspecified atom stereocenters. The van der Waals surface area contributed by atoms with E-state index in [0.29, 0.717) is 27.3 Å². The monoisotopic (exact) mass is 494 g/mol. The highest BCUT2D eigenvalue weighted by atomic mass is 31.2. The molecular weight excluding hydrogens is 472 g/mol. The van der Waals surface area contributed by atoms with E-state index in [1.807, 2.05) is 0 Å². The normalized spacial score (nSPS) is 11.8. The third kappa shape index (κ3) is 4.80. The minimum Gasteiger partial charge on any atom is -0.426 e. The van der Waals surface area contributed by atoms with Crippen molar-refractivity contribution in [3.8, 4) is 16.9 Å². The molecule has 4 aromatic rings. The number of carbonyl (C=O) groups is 1. The zero-order valence-corrected chi connectivity index (χ0v) is 19.9. The molecule has 0 aromatic heterocycles. The molecule has 4 aromatic carbocycles. The van der Waals surface area contributed by atoms with Crippen molar-refractivity contribution < 1.29 is 27.3 Å². The third-order valence-electron chi connectivity index (χ3n) is 5.66. The molecule has 0 radical (unpaired) electrons. The van der Waals surface area contributed by atoms with Crippen molar-refractivity contribution in [3.05, 3.63) is 108 Å². The number of alkyl halides is 3. The number of hydrogen-bond acceptors (Lipinski definition) is 3. The SMILES string of the molecule is CC(=O)Oc1cccc(C)c1-c1ccc(C(F)(F)F)cc1P(=O)(c1ccccc1)c1ccccc1. The molecule has 0 N–H and O–H groups in total. The Balaban J connectivity index is 2.14. The number of rotatable bonds is 5. The van der Waals surface area contributed by atoms with Crippen LogP contribution >= 0.6 is 7.14 Å². The molecule has 0 aliphatic carbocycles. The van der Waals surface area contributed by atoms with Crippen LogP contribution in [0.5, 0.6) is 5.75 Å². The summed E-state index contributed by atoms with van der Waals surface area (Å²) < 4.78 is 62.1. The van der Waals surface area contributed by atoms with E-state index in [4.69, 9.17) is 4.74 Å². The number of hydrogen-bond donors (Lipinski definition) is 0. The first kappa shape index (κ1) is 24.5. The van der Waals surface area contributed by atoms with Crippen LogP contribution in [-0.4, -0.2) is 5.97 Å². The minimum absolute atomic E-state index is 0.0208. The van der Waals surface area contributed by atoms with Crippen molar-refractivity contribution in [2.75, 3.05) is 0 Å². The van der Waals surface area contributed by atoms with Gasteiger partial charge in [-0.05, 0) is 36.2 Å². The van der Waals surface area contributed by atoms with Gasteiger partial charge in [0.1, 0.15) is 5.75 Å². The number of halogens is 3. The van der Waals surface area contributed by atoms with Gasteiger partial charge in [-0.25, -0.2) is 0 Å². The van der Waals surface area contributed by atoms with Gasteiger partial charge in [-0.1, -0.05) is 78.9 Å². The van der Waals surface area contributed by atoms with Crippen LogP contribution in [0, 0.1) is 6.92 Å². The van der Waals surface area contributed by atoms with E-state index in [2.05, 4.69) is 0 Å². The zero-order chi connectivity index (χ0) is 25.2. The van der Waals surface area contributed by atoms with Crippen LogP contribution in [0.1, 0.15) is 18.1 Å². The lowest BCUT2D eigenvalue weighted by Crippen LogP contribution is -2.27. The number of aryl methyl sites for hydroxylation is 1. The van der Waals surface area contributed by atoms with Gasteiger partial charge in [0, 0.05) is 28.4 Å². The predicted octanol–water partition coefficient (Wildman–Crippen LogP) is 6.25. The molecule has 0 saturated heterocycles. The second-order valence-electron chi connectivity index (χ2n) is 8.05. The van der Waals surface area contributed by atoms with Gasteiger partial charge in [-0.2, -0.15) is 13.2 Å². The standard InChI is InChI=1S/C28H22F3O3P/c1-19-10-9-15-25(34-20(2)32)27(19)24-17-16-21(28(29,30)31)18-26(24)35(33,22-11-5-3-6-12-22)23-13-7-4-8-14-23/h3-18H,1-2H3. The van der Waals surface area contributed by atoms with E-state index in [9.17, 15) is 18.0 Å². The Morgan fingerprint density at radius 3 is 1.89 bits per heavy atom. The maximum atomic E-state index is 15.1. The van der Waals surface area contributed by atoms with Crippen molar-refractivity contribution in [1.82, 2.24) is 0 Å². The molecule has 0 fully saturated rings. The molecule has 0 amide bonds. The number of benzene rings is 4. The summed E-state index contributed by atoms with van der Waals surface area (Å²) in [6.45, 7) is 3.01. The summed E-state index contributed by atoms with van der Waals surface area (Å²) in [7, 11) is -3.79. The van der Waals surface area contributed by atoms with Gasteiger partial charge in [-0.3, -0.25) is 4.79 Å². The van der Waals surface area contributed by atoms with E-state index < -0.39 is 24.9 Å². The fraction of sp³-hybridized carbons (Fsp3) is 0.107. The van der Waals surface area contributed by atoms with Crippen LogP contribution in [-0.2, 0) is 15.5 Å². The van der Waals surface area contributed by atoms with Crippen LogP contribution in [0.2, 0.25) is 0 Å². The predicted molar refractivity (Wildman–Crippen MR) is 132 cm³/mol. The van der Waals surface area contributed by atoms with Crippen molar-refractivity contribution in [1.29, 1.82) is 0 Å².